The van der Waals surface area contributed by atoms with E-state index in [9.17, 15) is 13.2 Å². The third kappa shape index (κ3) is 4.35. The van der Waals surface area contributed by atoms with Gasteiger partial charge in [-0.05, 0) is 40.2 Å². The minimum absolute atomic E-state index is 0.245. The second-order valence-electron chi connectivity index (χ2n) is 5.91. The first-order valence-corrected chi connectivity index (χ1v) is 10.5. The highest BCUT2D eigenvalue weighted by Crippen LogP contribution is 2.25. The van der Waals surface area contributed by atoms with Gasteiger partial charge >= 0.3 is 0 Å². The summed E-state index contributed by atoms with van der Waals surface area (Å²) in [6.45, 7) is 3.25. The number of hydrogen-bond donors (Lipinski definition) is 1. The zero-order valence-electron chi connectivity index (χ0n) is 14.1. The molecule has 26 heavy (non-hydrogen) atoms. The average Bonchev–Trinajstić information content (AvgIpc) is 3.17. The summed E-state index contributed by atoms with van der Waals surface area (Å²) in [6.07, 6.45) is 1.46. The number of rotatable bonds is 6. The molecule has 3 rings (SSSR count). The zero-order valence-corrected chi connectivity index (χ0v) is 16.5. The van der Waals surface area contributed by atoms with Crippen molar-refractivity contribution in [1.82, 2.24) is 14.5 Å². The number of nitrogens with one attached hydrogen (secondary N) is 1. The summed E-state index contributed by atoms with van der Waals surface area (Å²) in [5, 5.41) is 2.79. The molecule has 1 aliphatic rings. The lowest BCUT2D eigenvalue weighted by Gasteiger charge is -2.34. The average molecular weight is 442 g/mol. The van der Waals surface area contributed by atoms with Crippen LogP contribution < -0.4 is 5.32 Å². The van der Waals surface area contributed by atoms with Crippen LogP contribution in [0.1, 0.15) is 10.6 Å². The minimum Gasteiger partial charge on any atom is -0.459 e. The van der Waals surface area contributed by atoms with Gasteiger partial charge in [0.15, 0.2) is 5.76 Å². The molecule has 0 aliphatic carbocycles. The van der Waals surface area contributed by atoms with Gasteiger partial charge in [0, 0.05) is 43.7 Å². The SMILES string of the molecule is O=C(NCCN1CCN(S(=O)(=O)c2ccccc2Br)CC1)c1ccco1. The number of sulfonamides is 1. The number of amides is 1. The molecule has 1 aromatic heterocycles. The quantitative estimate of drug-likeness (QED) is 0.738. The van der Waals surface area contributed by atoms with Crippen molar-refractivity contribution < 1.29 is 17.6 Å². The second-order valence-corrected chi connectivity index (χ2v) is 8.67. The lowest BCUT2D eigenvalue weighted by Crippen LogP contribution is -2.50. The molecule has 0 unspecified atom stereocenters. The molecular weight excluding hydrogens is 422 g/mol. The van der Waals surface area contributed by atoms with E-state index in [0.29, 0.717) is 48.6 Å². The van der Waals surface area contributed by atoms with E-state index in [1.54, 1.807) is 36.4 Å². The molecule has 0 spiro atoms. The van der Waals surface area contributed by atoms with Crippen molar-refractivity contribution in [2.45, 2.75) is 4.90 Å². The van der Waals surface area contributed by atoms with Gasteiger partial charge in [-0.3, -0.25) is 9.69 Å². The smallest absolute Gasteiger partial charge is 0.287 e. The highest BCUT2D eigenvalue weighted by atomic mass is 79.9. The van der Waals surface area contributed by atoms with E-state index in [0.717, 1.165) is 0 Å². The summed E-state index contributed by atoms with van der Waals surface area (Å²) in [4.78, 5) is 14.2. The molecule has 140 valence electrons. The molecule has 1 aromatic carbocycles. The van der Waals surface area contributed by atoms with E-state index in [-0.39, 0.29) is 11.7 Å². The Kier molecular flexibility index (Phi) is 6.13. The Balaban J connectivity index is 1.48. The lowest BCUT2D eigenvalue weighted by atomic mass is 10.3. The first-order valence-electron chi connectivity index (χ1n) is 8.27. The predicted molar refractivity (Wildman–Crippen MR) is 100 cm³/mol. The number of furan rings is 1. The number of benzene rings is 1. The highest BCUT2D eigenvalue weighted by Gasteiger charge is 2.29. The van der Waals surface area contributed by atoms with Gasteiger partial charge < -0.3 is 9.73 Å². The molecule has 0 atom stereocenters. The lowest BCUT2D eigenvalue weighted by molar-refractivity contribution is 0.0917. The van der Waals surface area contributed by atoms with E-state index >= 15 is 0 Å². The van der Waals surface area contributed by atoms with Crippen LogP contribution in [0.25, 0.3) is 0 Å². The Bertz CT molecular complexity index is 847. The number of piperazine rings is 1. The molecule has 7 nitrogen and oxygen atoms in total. The van der Waals surface area contributed by atoms with Crippen molar-refractivity contribution in [1.29, 1.82) is 0 Å². The van der Waals surface area contributed by atoms with Gasteiger partial charge in [0.2, 0.25) is 10.0 Å². The van der Waals surface area contributed by atoms with Crippen LogP contribution in [0.15, 0.2) is 56.4 Å². The van der Waals surface area contributed by atoms with Gasteiger partial charge in [-0.1, -0.05) is 12.1 Å². The largest absolute Gasteiger partial charge is 0.459 e. The molecule has 1 amide bonds. The number of hydrogen-bond acceptors (Lipinski definition) is 5. The van der Waals surface area contributed by atoms with Crippen LogP contribution in [0.2, 0.25) is 0 Å². The predicted octanol–water partition coefficient (Wildman–Crippen LogP) is 1.78. The van der Waals surface area contributed by atoms with E-state index in [2.05, 4.69) is 26.1 Å². The van der Waals surface area contributed by atoms with E-state index in [4.69, 9.17) is 4.42 Å². The fourth-order valence-corrected chi connectivity index (χ4v) is 5.19. The van der Waals surface area contributed by atoms with Gasteiger partial charge in [-0.15, -0.1) is 0 Å². The molecule has 1 saturated heterocycles. The van der Waals surface area contributed by atoms with Crippen molar-refractivity contribution in [2.75, 3.05) is 39.3 Å². The first-order chi connectivity index (χ1) is 12.5. The Morgan fingerprint density at radius 2 is 1.85 bits per heavy atom. The summed E-state index contributed by atoms with van der Waals surface area (Å²) in [5.74, 6) is 0.0412. The van der Waals surface area contributed by atoms with Gasteiger partial charge in [-0.2, -0.15) is 4.31 Å². The third-order valence-corrected chi connectivity index (χ3v) is 7.16. The molecule has 0 bridgehead atoms. The highest BCUT2D eigenvalue weighted by molar-refractivity contribution is 9.10. The Morgan fingerprint density at radius 3 is 2.50 bits per heavy atom. The van der Waals surface area contributed by atoms with Crippen molar-refractivity contribution in [3.8, 4) is 0 Å². The fraction of sp³-hybridized carbons (Fsp3) is 0.353. The van der Waals surface area contributed by atoms with Gasteiger partial charge in [0.1, 0.15) is 0 Å². The van der Waals surface area contributed by atoms with Gasteiger partial charge in [0.25, 0.3) is 5.91 Å². The maximum atomic E-state index is 12.8. The number of carbonyl (C=O) groups is 1. The maximum Gasteiger partial charge on any atom is 0.287 e. The van der Waals surface area contributed by atoms with Crippen LogP contribution in [0.3, 0.4) is 0 Å². The Hall–Kier alpha value is -1.68. The van der Waals surface area contributed by atoms with Crippen LogP contribution in [-0.4, -0.2) is 62.8 Å². The summed E-state index contributed by atoms with van der Waals surface area (Å²) < 4.78 is 32.6. The molecule has 2 aromatic rings. The molecular formula is C17H20BrN3O4S. The van der Waals surface area contributed by atoms with Crippen molar-refractivity contribution in [3.05, 3.63) is 52.9 Å². The van der Waals surface area contributed by atoms with E-state index in [1.807, 2.05) is 0 Å². The number of carbonyl (C=O) groups excluding carboxylic acids is 1. The van der Waals surface area contributed by atoms with Crippen LogP contribution >= 0.6 is 15.9 Å². The zero-order chi connectivity index (χ0) is 18.6. The summed E-state index contributed by atoms with van der Waals surface area (Å²) in [7, 11) is -3.50. The molecule has 0 radical (unpaired) electrons. The van der Waals surface area contributed by atoms with E-state index in [1.165, 1.54) is 10.6 Å². The molecule has 1 aliphatic heterocycles. The van der Waals surface area contributed by atoms with Crippen molar-refractivity contribution in [3.63, 3.8) is 0 Å². The second kappa shape index (κ2) is 8.34. The molecule has 1 fully saturated rings. The molecule has 9 heteroatoms. The first kappa shape index (κ1) is 19.1. The minimum atomic E-state index is -3.50. The van der Waals surface area contributed by atoms with Crippen LogP contribution in [-0.2, 0) is 10.0 Å². The topological polar surface area (TPSA) is 82.9 Å². The monoisotopic (exact) mass is 441 g/mol. The normalized spacial score (nSPS) is 16.5. The fourth-order valence-electron chi connectivity index (χ4n) is 2.81. The molecule has 1 N–H and O–H groups in total. The molecule has 2 heterocycles. The van der Waals surface area contributed by atoms with Crippen LogP contribution in [0.4, 0.5) is 0 Å². The van der Waals surface area contributed by atoms with Gasteiger partial charge in [-0.25, -0.2) is 8.42 Å². The Labute approximate surface area is 161 Å². The number of nitrogens with zero attached hydrogens (tertiary/aromatic N) is 2. The summed E-state index contributed by atoms with van der Waals surface area (Å²) in [6, 6.07) is 10.1. The van der Waals surface area contributed by atoms with Crippen molar-refractivity contribution >= 4 is 31.9 Å². The van der Waals surface area contributed by atoms with Crippen LogP contribution in [0, 0.1) is 0 Å². The van der Waals surface area contributed by atoms with Crippen LogP contribution in [0.5, 0.6) is 0 Å². The Morgan fingerprint density at radius 1 is 1.12 bits per heavy atom. The van der Waals surface area contributed by atoms with Crippen molar-refractivity contribution in [2.24, 2.45) is 0 Å². The molecule has 0 saturated carbocycles. The summed E-state index contributed by atoms with van der Waals surface area (Å²) >= 11 is 3.31. The standard InChI is InChI=1S/C17H20BrN3O4S/c18-14-4-1-2-6-16(14)26(23,24)21-11-9-20(10-12-21)8-7-19-17(22)15-5-3-13-25-15/h1-6,13H,7-12H2,(H,19,22). The third-order valence-electron chi connectivity index (χ3n) is 4.24. The summed E-state index contributed by atoms with van der Waals surface area (Å²) in [5.41, 5.74) is 0. The number of halogens is 1. The van der Waals surface area contributed by atoms with Gasteiger partial charge in [0.05, 0.1) is 11.2 Å². The maximum absolute atomic E-state index is 12.8. The van der Waals surface area contributed by atoms with E-state index < -0.39 is 10.0 Å².